The number of aryl methyl sites for hydroxylation is 1. The van der Waals surface area contributed by atoms with Gasteiger partial charge in [0.2, 0.25) is 5.91 Å². The average molecular weight is 348 g/mol. The van der Waals surface area contributed by atoms with E-state index in [1.807, 2.05) is 6.33 Å². The number of amides is 1. The van der Waals surface area contributed by atoms with E-state index in [9.17, 15) is 4.79 Å². The predicted octanol–water partition coefficient (Wildman–Crippen LogP) is 2.51. The van der Waals surface area contributed by atoms with E-state index in [0.717, 1.165) is 57.8 Å². The lowest BCUT2D eigenvalue weighted by molar-refractivity contribution is -0.139. The maximum absolute atomic E-state index is 13.1. The van der Waals surface area contributed by atoms with Crippen LogP contribution >= 0.6 is 0 Å². The van der Waals surface area contributed by atoms with E-state index in [1.54, 1.807) is 0 Å². The van der Waals surface area contributed by atoms with Crippen LogP contribution in [0.1, 0.15) is 64.6 Å². The van der Waals surface area contributed by atoms with Crippen LogP contribution in [0.4, 0.5) is 0 Å². The molecule has 3 rings (SSSR count). The molecule has 0 aliphatic carbocycles. The first-order chi connectivity index (χ1) is 12.1. The molecule has 140 valence electrons. The molecule has 6 nitrogen and oxygen atoms in total. The number of nitrogens with zero attached hydrogens (tertiary/aromatic N) is 5. The highest BCUT2D eigenvalue weighted by molar-refractivity contribution is 5.82. The van der Waals surface area contributed by atoms with Gasteiger partial charge in [0.25, 0.3) is 0 Å². The Labute approximate surface area is 151 Å². The van der Waals surface area contributed by atoms with Crippen molar-refractivity contribution in [2.75, 3.05) is 26.2 Å². The summed E-state index contributed by atoms with van der Waals surface area (Å²) in [5.41, 5.74) is 0. The standard InChI is InChI=1S/C19H33N5O/c1-4-22-14-20-21-18(22)16-8-11-23(12-9-16)19(25)17-7-5-6-10-24(17)13-15(2)3/h14-17H,4-13H2,1-3H3. The van der Waals surface area contributed by atoms with Crippen LogP contribution in [0.15, 0.2) is 6.33 Å². The van der Waals surface area contributed by atoms with Crippen molar-refractivity contribution >= 4 is 5.91 Å². The third kappa shape index (κ3) is 4.22. The summed E-state index contributed by atoms with van der Waals surface area (Å²) in [4.78, 5) is 17.6. The van der Waals surface area contributed by atoms with Gasteiger partial charge in [-0.3, -0.25) is 9.69 Å². The second-order valence-electron chi connectivity index (χ2n) is 7.98. The monoisotopic (exact) mass is 347 g/mol. The van der Waals surface area contributed by atoms with Crippen LogP contribution in [0.2, 0.25) is 0 Å². The number of piperidine rings is 2. The molecule has 0 N–H and O–H groups in total. The van der Waals surface area contributed by atoms with Gasteiger partial charge in [-0.15, -0.1) is 10.2 Å². The van der Waals surface area contributed by atoms with E-state index in [-0.39, 0.29) is 6.04 Å². The SMILES string of the molecule is CCn1cnnc1C1CCN(C(=O)C2CCCCN2CC(C)C)CC1. The fourth-order valence-electron chi connectivity index (χ4n) is 4.35. The molecule has 2 aliphatic rings. The number of hydrogen-bond donors (Lipinski definition) is 0. The number of likely N-dealkylation sites (tertiary alicyclic amines) is 2. The number of rotatable bonds is 5. The Hall–Kier alpha value is -1.43. The van der Waals surface area contributed by atoms with Gasteiger partial charge in [-0.1, -0.05) is 20.3 Å². The smallest absolute Gasteiger partial charge is 0.239 e. The minimum atomic E-state index is 0.104. The van der Waals surface area contributed by atoms with Crippen molar-refractivity contribution in [3.05, 3.63) is 12.2 Å². The van der Waals surface area contributed by atoms with Gasteiger partial charge in [0.05, 0.1) is 6.04 Å². The second kappa shape index (κ2) is 8.30. The summed E-state index contributed by atoms with van der Waals surface area (Å²) >= 11 is 0. The minimum Gasteiger partial charge on any atom is -0.341 e. The summed E-state index contributed by atoms with van der Waals surface area (Å²) in [5.74, 6) is 2.49. The Balaban J connectivity index is 1.59. The zero-order valence-corrected chi connectivity index (χ0v) is 16.0. The van der Waals surface area contributed by atoms with E-state index in [4.69, 9.17) is 0 Å². The van der Waals surface area contributed by atoms with Gasteiger partial charge in [0.1, 0.15) is 12.2 Å². The molecule has 0 radical (unpaired) electrons. The molecule has 2 fully saturated rings. The molecular formula is C19H33N5O. The van der Waals surface area contributed by atoms with E-state index >= 15 is 0 Å². The summed E-state index contributed by atoms with van der Waals surface area (Å²) in [5, 5.41) is 8.38. The zero-order chi connectivity index (χ0) is 17.8. The maximum Gasteiger partial charge on any atom is 0.239 e. The Kier molecular flexibility index (Phi) is 6.10. The highest BCUT2D eigenvalue weighted by Crippen LogP contribution is 2.28. The van der Waals surface area contributed by atoms with E-state index in [2.05, 4.69) is 45.3 Å². The van der Waals surface area contributed by atoms with Crippen LogP contribution in [0.3, 0.4) is 0 Å². The van der Waals surface area contributed by atoms with Crippen LogP contribution < -0.4 is 0 Å². The molecule has 1 aromatic rings. The quantitative estimate of drug-likeness (QED) is 0.821. The normalized spacial score (nSPS) is 23.4. The molecule has 0 aromatic carbocycles. The van der Waals surface area contributed by atoms with E-state index < -0.39 is 0 Å². The van der Waals surface area contributed by atoms with Gasteiger partial charge in [-0.25, -0.2) is 0 Å². The fraction of sp³-hybridized carbons (Fsp3) is 0.842. The first-order valence-electron chi connectivity index (χ1n) is 10.0. The van der Waals surface area contributed by atoms with Gasteiger partial charge in [0.15, 0.2) is 0 Å². The Morgan fingerprint density at radius 3 is 2.64 bits per heavy atom. The first-order valence-corrected chi connectivity index (χ1v) is 10.0. The zero-order valence-electron chi connectivity index (χ0n) is 16.0. The molecule has 0 spiro atoms. The van der Waals surface area contributed by atoms with Gasteiger partial charge in [-0.05, 0) is 45.1 Å². The van der Waals surface area contributed by atoms with Crippen molar-refractivity contribution < 1.29 is 4.79 Å². The van der Waals surface area contributed by atoms with Crippen LogP contribution in [-0.2, 0) is 11.3 Å². The lowest BCUT2D eigenvalue weighted by Gasteiger charge is -2.40. The summed E-state index contributed by atoms with van der Waals surface area (Å²) in [6.45, 7) is 11.3. The number of carbonyl (C=O) groups excluding carboxylic acids is 1. The molecular weight excluding hydrogens is 314 g/mol. The van der Waals surface area contributed by atoms with Crippen molar-refractivity contribution in [2.24, 2.45) is 5.92 Å². The van der Waals surface area contributed by atoms with Crippen LogP contribution in [0.5, 0.6) is 0 Å². The molecule has 0 bridgehead atoms. The molecule has 1 amide bonds. The molecule has 6 heteroatoms. The molecule has 25 heavy (non-hydrogen) atoms. The molecule has 0 saturated carbocycles. The summed E-state index contributed by atoms with van der Waals surface area (Å²) < 4.78 is 2.13. The molecule has 1 aromatic heterocycles. The van der Waals surface area contributed by atoms with Gasteiger partial charge >= 0.3 is 0 Å². The Morgan fingerprint density at radius 1 is 1.20 bits per heavy atom. The predicted molar refractivity (Wildman–Crippen MR) is 98.3 cm³/mol. The van der Waals surface area contributed by atoms with Crippen LogP contribution in [0, 0.1) is 5.92 Å². The Morgan fingerprint density at radius 2 is 1.96 bits per heavy atom. The van der Waals surface area contributed by atoms with Gasteiger partial charge in [0, 0.05) is 32.1 Å². The topological polar surface area (TPSA) is 54.3 Å². The third-order valence-electron chi connectivity index (χ3n) is 5.66. The van der Waals surface area contributed by atoms with Crippen molar-refractivity contribution in [1.29, 1.82) is 0 Å². The summed E-state index contributed by atoms with van der Waals surface area (Å²) in [6.07, 6.45) is 7.25. The largest absolute Gasteiger partial charge is 0.341 e. The van der Waals surface area contributed by atoms with Crippen molar-refractivity contribution in [3.63, 3.8) is 0 Å². The van der Waals surface area contributed by atoms with Gasteiger partial charge < -0.3 is 9.47 Å². The molecule has 3 heterocycles. The van der Waals surface area contributed by atoms with E-state index in [0.29, 0.717) is 17.7 Å². The van der Waals surface area contributed by atoms with Crippen molar-refractivity contribution in [1.82, 2.24) is 24.6 Å². The fourth-order valence-corrected chi connectivity index (χ4v) is 4.35. The lowest BCUT2D eigenvalue weighted by Crippen LogP contribution is -2.53. The van der Waals surface area contributed by atoms with Crippen LogP contribution in [-0.4, -0.2) is 62.7 Å². The number of aromatic nitrogens is 3. The molecule has 1 atom stereocenters. The van der Waals surface area contributed by atoms with Crippen molar-refractivity contribution in [2.45, 2.75) is 71.4 Å². The molecule has 2 saturated heterocycles. The number of carbonyl (C=O) groups is 1. The van der Waals surface area contributed by atoms with Crippen LogP contribution in [0.25, 0.3) is 0 Å². The van der Waals surface area contributed by atoms with Gasteiger partial charge in [-0.2, -0.15) is 0 Å². The summed E-state index contributed by atoms with van der Waals surface area (Å²) in [6, 6.07) is 0.104. The Bertz CT molecular complexity index is 562. The molecule has 1 unspecified atom stereocenters. The highest BCUT2D eigenvalue weighted by Gasteiger charge is 2.34. The average Bonchev–Trinajstić information content (AvgIpc) is 3.10. The summed E-state index contributed by atoms with van der Waals surface area (Å²) in [7, 11) is 0. The highest BCUT2D eigenvalue weighted by atomic mass is 16.2. The minimum absolute atomic E-state index is 0.104. The maximum atomic E-state index is 13.1. The van der Waals surface area contributed by atoms with Crippen molar-refractivity contribution in [3.8, 4) is 0 Å². The molecule has 2 aliphatic heterocycles. The number of hydrogen-bond acceptors (Lipinski definition) is 4. The second-order valence-corrected chi connectivity index (χ2v) is 7.98. The third-order valence-corrected chi connectivity index (χ3v) is 5.66. The van der Waals surface area contributed by atoms with E-state index in [1.165, 1.54) is 12.8 Å². The lowest BCUT2D eigenvalue weighted by atomic mass is 9.94. The first kappa shape index (κ1) is 18.4.